The van der Waals surface area contributed by atoms with Gasteiger partial charge in [0.15, 0.2) is 0 Å². The summed E-state index contributed by atoms with van der Waals surface area (Å²) in [6, 6.07) is 9.17. The van der Waals surface area contributed by atoms with Gasteiger partial charge < -0.3 is 10.3 Å². The Morgan fingerprint density at radius 1 is 1.17 bits per heavy atom. The molecule has 1 heterocycles. The van der Waals surface area contributed by atoms with Crippen LogP contribution in [0.5, 0.6) is 0 Å². The lowest BCUT2D eigenvalue weighted by molar-refractivity contribution is 0.474. The van der Waals surface area contributed by atoms with Crippen molar-refractivity contribution >= 4 is 10.9 Å². The van der Waals surface area contributed by atoms with Crippen LogP contribution in [0.25, 0.3) is 10.9 Å². The molecule has 98 valence electrons. The first-order valence-electron chi connectivity index (χ1n) is 7.13. The van der Waals surface area contributed by atoms with E-state index < -0.39 is 0 Å². The van der Waals surface area contributed by atoms with Crippen molar-refractivity contribution in [1.82, 2.24) is 10.3 Å². The zero-order chi connectivity index (χ0) is 12.8. The monoisotopic (exact) mass is 244 g/mol. The molecule has 0 aliphatic rings. The van der Waals surface area contributed by atoms with Crippen molar-refractivity contribution in [2.24, 2.45) is 0 Å². The smallest absolute Gasteiger partial charge is 0.0456 e. The van der Waals surface area contributed by atoms with Crippen molar-refractivity contribution in [3.63, 3.8) is 0 Å². The van der Waals surface area contributed by atoms with E-state index in [1.807, 2.05) is 0 Å². The molecule has 18 heavy (non-hydrogen) atoms. The molecule has 2 nitrogen and oxygen atoms in total. The quantitative estimate of drug-likeness (QED) is 0.760. The zero-order valence-corrected chi connectivity index (χ0v) is 11.5. The molecule has 1 aromatic carbocycles. The summed E-state index contributed by atoms with van der Waals surface area (Å²) in [4.78, 5) is 3.36. The third-order valence-corrected chi connectivity index (χ3v) is 3.46. The highest BCUT2D eigenvalue weighted by Gasteiger charge is 2.10. The highest BCUT2D eigenvalue weighted by Crippen LogP contribution is 2.20. The van der Waals surface area contributed by atoms with Gasteiger partial charge in [0.05, 0.1) is 0 Å². The number of hydrogen-bond donors (Lipinski definition) is 2. The summed E-state index contributed by atoms with van der Waals surface area (Å²) < 4.78 is 0. The Labute approximate surface area is 110 Å². The molecular weight excluding hydrogens is 220 g/mol. The Hall–Kier alpha value is -1.28. The summed E-state index contributed by atoms with van der Waals surface area (Å²) in [5, 5.41) is 5.03. The SMILES string of the molecule is CCCNC(CCC)Cc1c[nH]c2ccccc12. The number of para-hydroxylation sites is 1. The van der Waals surface area contributed by atoms with E-state index in [2.05, 4.69) is 54.6 Å². The van der Waals surface area contributed by atoms with Crippen LogP contribution in [-0.4, -0.2) is 17.6 Å². The lowest BCUT2D eigenvalue weighted by Gasteiger charge is -2.17. The van der Waals surface area contributed by atoms with Crippen molar-refractivity contribution in [3.8, 4) is 0 Å². The van der Waals surface area contributed by atoms with Gasteiger partial charge in [0, 0.05) is 23.1 Å². The molecule has 1 atom stereocenters. The number of benzene rings is 1. The molecule has 1 unspecified atom stereocenters. The van der Waals surface area contributed by atoms with Gasteiger partial charge in [-0.3, -0.25) is 0 Å². The first kappa shape index (κ1) is 13.2. The van der Waals surface area contributed by atoms with Gasteiger partial charge in [-0.25, -0.2) is 0 Å². The van der Waals surface area contributed by atoms with E-state index in [9.17, 15) is 0 Å². The summed E-state index contributed by atoms with van der Waals surface area (Å²) in [6.45, 7) is 5.60. The van der Waals surface area contributed by atoms with Crippen LogP contribution in [-0.2, 0) is 6.42 Å². The second-order valence-electron chi connectivity index (χ2n) is 5.00. The first-order valence-corrected chi connectivity index (χ1v) is 7.13. The molecular formula is C16H24N2. The largest absolute Gasteiger partial charge is 0.361 e. The summed E-state index contributed by atoms with van der Waals surface area (Å²) in [6.07, 6.45) is 6.98. The van der Waals surface area contributed by atoms with Crippen LogP contribution in [0.15, 0.2) is 30.5 Å². The van der Waals surface area contributed by atoms with Crippen molar-refractivity contribution < 1.29 is 0 Å². The average molecular weight is 244 g/mol. The molecule has 0 bridgehead atoms. The number of rotatable bonds is 7. The summed E-state index contributed by atoms with van der Waals surface area (Å²) >= 11 is 0. The molecule has 1 aromatic heterocycles. The van der Waals surface area contributed by atoms with Crippen LogP contribution in [0.1, 0.15) is 38.7 Å². The van der Waals surface area contributed by atoms with Crippen LogP contribution in [0.4, 0.5) is 0 Å². The number of hydrogen-bond acceptors (Lipinski definition) is 1. The fourth-order valence-electron chi connectivity index (χ4n) is 2.54. The topological polar surface area (TPSA) is 27.8 Å². The van der Waals surface area contributed by atoms with Gasteiger partial charge in [-0.15, -0.1) is 0 Å². The predicted molar refractivity (Wildman–Crippen MR) is 79.0 cm³/mol. The van der Waals surface area contributed by atoms with E-state index in [4.69, 9.17) is 0 Å². The van der Waals surface area contributed by atoms with Crippen molar-refractivity contribution in [1.29, 1.82) is 0 Å². The van der Waals surface area contributed by atoms with Gasteiger partial charge >= 0.3 is 0 Å². The van der Waals surface area contributed by atoms with Crippen LogP contribution in [0.2, 0.25) is 0 Å². The third-order valence-electron chi connectivity index (χ3n) is 3.46. The Morgan fingerprint density at radius 2 is 2.00 bits per heavy atom. The van der Waals surface area contributed by atoms with Gasteiger partial charge in [-0.1, -0.05) is 38.5 Å². The van der Waals surface area contributed by atoms with Crippen LogP contribution in [0, 0.1) is 0 Å². The first-order chi connectivity index (χ1) is 8.85. The molecule has 2 heteroatoms. The lowest BCUT2D eigenvalue weighted by Crippen LogP contribution is -2.31. The zero-order valence-electron chi connectivity index (χ0n) is 11.5. The highest BCUT2D eigenvalue weighted by atomic mass is 14.9. The molecule has 2 N–H and O–H groups in total. The Balaban J connectivity index is 2.10. The molecule has 0 fully saturated rings. The van der Waals surface area contributed by atoms with Crippen molar-refractivity contribution in [2.75, 3.05) is 6.54 Å². The van der Waals surface area contributed by atoms with E-state index in [-0.39, 0.29) is 0 Å². The fourth-order valence-corrected chi connectivity index (χ4v) is 2.54. The Kier molecular flexibility index (Phi) is 4.82. The van der Waals surface area contributed by atoms with E-state index in [0.29, 0.717) is 6.04 Å². The molecule has 0 spiro atoms. The van der Waals surface area contributed by atoms with Crippen LogP contribution >= 0.6 is 0 Å². The minimum absolute atomic E-state index is 0.606. The van der Waals surface area contributed by atoms with Gasteiger partial charge in [0.25, 0.3) is 0 Å². The maximum absolute atomic E-state index is 3.66. The van der Waals surface area contributed by atoms with Crippen LogP contribution < -0.4 is 5.32 Å². The fraction of sp³-hybridized carbons (Fsp3) is 0.500. The van der Waals surface area contributed by atoms with Gasteiger partial charge in [-0.05, 0) is 37.4 Å². The molecule has 0 amide bonds. The van der Waals surface area contributed by atoms with Gasteiger partial charge in [0.2, 0.25) is 0 Å². The maximum atomic E-state index is 3.66. The van der Waals surface area contributed by atoms with Gasteiger partial charge in [0.1, 0.15) is 0 Å². The number of fused-ring (bicyclic) bond motifs is 1. The molecule has 2 rings (SSSR count). The second kappa shape index (κ2) is 6.60. The molecule has 0 saturated carbocycles. The molecule has 2 aromatic rings. The Morgan fingerprint density at radius 3 is 2.78 bits per heavy atom. The van der Waals surface area contributed by atoms with E-state index in [1.54, 1.807) is 0 Å². The van der Waals surface area contributed by atoms with Crippen LogP contribution in [0.3, 0.4) is 0 Å². The average Bonchev–Trinajstić information content (AvgIpc) is 2.80. The van der Waals surface area contributed by atoms with E-state index in [0.717, 1.165) is 13.0 Å². The van der Waals surface area contributed by atoms with Crippen molar-refractivity contribution in [3.05, 3.63) is 36.0 Å². The van der Waals surface area contributed by atoms with E-state index >= 15 is 0 Å². The third kappa shape index (κ3) is 3.14. The highest BCUT2D eigenvalue weighted by molar-refractivity contribution is 5.83. The summed E-state index contributed by atoms with van der Waals surface area (Å²) in [5.74, 6) is 0. The van der Waals surface area contributed by atoms with Crippen molar-refractivity contribution in [2.45, 2.75) is 45.6 Å². The molecule has 0 saturated heterocycles. The number of aromatic amines is 1. The molecule has 0 aliphatic heterocycles. The predicted octanol–water partition coefficient (Wildman–Crippen LogP) is 3.88. The van der Waals surface area contributed by atoms with E-state index in [1.165, 1.54) is 35.7 Å². The molecule has 0 radical (unpaired) electrons. The lowest BCUT2D eigenvalue weighted by atomic mass is 10.0. The minimum Gasteiger partial charge on any atom is -0.361 e. The standard InChI is InChI=1S/C16H24N2/c1-3-7-14(17-10-4-2)11-13-12-18-16-9-6-5-8-15(13)16/h5-6,8-9,12,14,17-18H,3-4,7,10-11H2,1-2H3. The van der Waals surface area contributed by atoms with Gasteiger partial charge in [-0.2, -0.15) is 0 Å². The number of H-pyrrole nitrogens is 1. The summed E-state index contributed by atoms with van der Waals surface area (Å²) in [7, 11) is 0. The summed E-state index contributed by atoms with van der Waals surface area (Å²) in [5.41, 5.74) is 2.69. The second-order valence-corrected chi connectivity index (χ2v) is 5.00. The molecule has 0 aliphatic carbocycles. The normalized spacial score (nSPS) is 13.0. The Bertz CT molecular complexity index is 473. The maximum Gasteiger partial charge on any atom is 0.0456 e. The number of nitrogens with one attached hydrogen (secondary N) is 2. The number of aromatic nitrogens is 1. The minimum atomic E-state index is 0.606.